The molecule has 0 aliphatic heterocycles. The minimum atomic E-state index is 0.661. The molecule has 0 bridgehead atoms. The first-order valence-electron chi connectivity index (χ1n) is 4.98. The van der Waals surface area contributed by atoms with Gasteiger partial charge < -0.3 is 0 Å². The van der Waals surface area contributed by atoms with E-state index in [4.69, 9.17) is 0 Å². The SMILES string of the molecule is Br[C@H]1CCCC[C@H]1[n+]1ccccc1. The van der Waals surface area contributed by atoms with E-state index in [1.54, 1.807) is 0 Å². The lowest BCUT2D eigenvalue weighted by Gasteiger charge is -2.22. The van der Waals surface area contributed by atoms with Gasteiger partial charge in [0, 0.05) is 18.6 Å². The summed E-state index contributed by atoms with van der Waals surface area (Å²) in [4.78, 5) is 0.661. The minimum Gasteiger partial charge on any atom is -0.201 e. The highest BCUT2D eigenvalue weighted by Crippen LogP contribution is 2.29. The average Bonchev–Trinajstić information content (AvgIpc) is 2.20. The van der Waals surface area contributed by atoms with Crippen LogP contribution < -0.4 is 4.57 Å². The van der Waals surface area contributed by atoms with Crippen molar-refractivity contribution < 1.29 is 4.57 Å². The molecule has 1 fully saturated rings. The summed E-state index contributed by atoms with van der Waals surface area (Å²) in [5, 5.41) is 0. The number of pyridine rings is 1. The quantitative estimate of drug-likeness (QED) is 0.525. The number of rotatable bonds is 1. The number of nitrogens with zero attached hydrogens (tertiary/aromatic N) is 1. The monoisotopic (exact) mass is 240 g/mol. The van der Waals surface area contributed by atoms with Crippen LogP contribution in [0.4, 0.5) is 0 Å². The highest BCUT2D eigenvalue weighted by molar-refractivity contribution is 9.09. The van der Waals surface area contributed by atoms with Crippen LogP contribution in [0, 0.1) is 0 Å². The van der Waals surface area contributed by atoms with Crippen LogP contribution in [0.25, 0.3) is 0 Å². The lowest BCUT2D eigenvalue weighted by Crippen LogP contribution is -2.44. The summed E-state index contributed by atoms with van der Waals surface area (Å²) < 4.78 is 2.33. The van der Waals surface area contributed by atoms with E-state index in [0.29, 0.717) is 10.9 Å². The van der Waals surface area contributed by atoms with E-state index in [1.165, 1.54) is 25.7 Å². The smallest absolute Gasteiger partial charge is 0.170 e. The largest absolute Gasteiger partial charge is 0.201 e. The highest BCUT2D eigenvalue weighted by atomic mass is 79.9. The Bertz CT molecular complexity index is 260. The lowest BCUT2D eigenvalue weighted by atomic mass is 9.95. The number of hydrogen-bond acceptors (Lipinski definition) is 0. The van der Waals surface area contributed by atoms with Crippen molar-refractivity contribution in [2.45, 2.75) is 36.6 Å². The summed E-state index contributed by atoms with van der Waals surface area (Å²) >= 11 is 3.77. The van der Waals surface area contributed by atoms with Crippen molar-refractivity contribution in [1.82, 2.24) is 0 Å². The third kappa shape index (κ3) is 2.11. The van der Waals surface area contributed by atoms with Crippen LogP contribution in [-0.2, 0) is 0 Å². The zero-order valence-electron chi connectivity index (χ0n) is 7.70. The zero-order chi connectivity index (χ0) is 9.10. The zero-order valence-corrected chi connectivity index (χ0v) is 9.28. The topological polar surface area (TPSA) is 3.88 Å². The number of aromatic nitrogens is 1. The van der Waals surface area contributed by atoms with Gasteiger partial charge in [0.2, 0.25) is 0 Å². The van der Waals surface area contributed by atoms with E-state index >= 15 is 0 Å². The molecule has 70 valence electrons. The van der Waals surface area contributed by atoms with Gasteiger partial charge in [-0.2, -0.15) is 0 Å². The molecule has 1 aliphatic rings. The first-order chi connectivity index (χ1) is 6.38. The molecular weight excluding hydrogens is 226 g/mol. The van der Waals surface area contributed by atoms with Gasteiger partial charge >= 0.3 is 0 Å². The average molecular weight is 241 g/mol. The molecule has 0 spiro atoms. The summed E-state index contributed by atoms with van der Waals surface area (Å²) in [5.41, 5.74) is 0. The number of hydrogen-bond donors (Lipinski definition) is 0. The number of halogens is 1. The number of alkyl halides is 1. The van der Waals surface area contributed by atoms with Crippen LogP contribution in [0.15, 0.2) is 30.6 Å². The maximum atomic E-state index is 3.77. The third-order valence-corrected chi connectivity index (χ3v) is 3.84. The van der Waals surface area contributed by atoms with Crippen molar-refractivity contribution in [1.29, 1.82) is 0 Å². The maximum absolute atomic E-state index is 3.77. The molecule has 1 aliphatic carbocycles. The summed E-state index contributed by atoms with van der Waals surface area (Å²) in [6, 6.07) is 6.94. The van der Waals surface area contributed by atoms with Crippen molar-refractivity contribution in [2.24, 2.45) is 0 Å². The highest BCUT2D eigenvalue weighted by Gasteiger charge is 2.29. The second kappa shape index (κ2) is 4.23. The van der Waals surface area contributed by atoms with Crippen molar-refractivity contribution in [3.8, 4) is 0 Å². The second-order valence-corrected chi connectivity index (χ2v) is 4.87. The van der Waals surface area contributed by atoms with Crippen molar-refractivity contribution in [3.63, 3.8) is 0 Å². The maximum Gasteiger partial charge on any atom is 0.170 e. The Labute approximate surface area is 87.9 Å². The van der Waals surface area contributed by atoms with Gasteiger partial charge in [-0.05, 0) is 12.8 Å². The molecular formula is C11H15BrN+. The second-order valence-electron chi connectivity index (χ2n) is 3.69. The van der Waals surface area contributed by atoms with Crippen molar-refractivity contribution >= 4 is 15.9 Å². The van der Waals surface area contributed by atoms with Crippen molar-refractivity contribution in [3.05, 3.63) is 30.6 Å². The minimum absolute atomic E-state index is 0.661. The molecule has 0 unspecified atom stereocenters. The summed E-state index contributed by atoms with van der Waals surface area (Å²) in [5.74, 6) is 0. The van der Waals surface area contributed by atoms with Gasteiger partial charge in [-0.25, -0.2) is 4.57 Å². The van der Waals surface area contributed by atoms with Gasteiger partial charge in [-0.3, -0.25) is 0 Å². The van der Waals surface area contributed by atoms with Crippen LogP contribution >= 0.6 is 15.9 Å². The lowest BCUT2D eigenvalue weighted by molar-refractivity contribution is -0.724. The van der Waals surface area contributed by atoms with E-state index < -0.39 is 0 Å². The van der Waals surface area contributed by atoms with Gasteiger partial charge in [-0.1, -0.05) is 28.4 Å². The van der Waals surface area contributed by atoms with Gasteiger partial charge in [0.1, 0.15) is 0 Å². The Hall–Kier alpha value is -0.370. The predicted octanol–water partition coefficient (Wildman–Crippen LogP) is 2.85. The van der Waals surface area contributed by atoms with Gasteiger partial charge in [-0.15, -0.1) is 0 Å². The van der Waals surface area contributed by atoms with Gasteiger partial charge in [0.25, 0.3) is 0 Å². The first kappa shape index (κ1) is 9.20. The Morgan fingerprint density at radius 2 is 1.69 bits per heavy atom. The summed E-state index contributed by atoms with van der Waals surface area (Å²) in [6.07, 6.45) is 9.71. The molecule has 13 heavy (non-hydrogen) atoms. The van der Waals surface area contributed by atoms with Gasteiger partial charge in [0.15, 0.2) is 18.4 Å². The van der Waals surface area contributed by atoms with E-state index in [9.17, 15) is 0 Å². The van der Waals surface area contributed by atoms with E-state index in [-0.39, 0.29) is 0 Å². The van der Waals surface area contributed by atoms with Crippen molar-refractivity contribution in [2.75, 3.05) is 0 Å². The molecule has 0 amide bonds. The third-order valence-electron chi connectivity index (χ3n) is 2.77. The van der Waals surface area contributed by atoms with Gasteiger partial charge in [0.05, 0.1) is 4.83 Å². The fourth-order valence-electron chi connectivity index (χ4n) is 2.03. The molecule has 2 atom stereocenters. The van der Waals surface area contributed by atoms with Crippen LogP contribution in [0.2, 0.25) is 0 Å². The predicted molar refractivity (Wildman–Crippen MR) is 56.9 cm³/mol. The van der Waals surface area contributed by atoms with Crippen LogP contribution in [0.3, 0.4) is 0 Å². The molecule has 0 saturated heterocycles. The summed E-state index contributed by atoms with van der Waals surface area (Å²) in [6.45, 7) is 0. The van der Waals surface area contributed by atoms with Crippen LogP contribution in [0.5, 0.6) is 0 Å². The molecule has 0 radical (unpaired) electrons. The molecule has 0 aromatic carbocycles. The normalized spacial score (nSPS) is 28.7. The van der Waals surface area contributed by atoms with E-state index in [1.807, 2.05) is 0 Å². The Balaban J connectivity index is 2.15. The fraction of sp³-hybridized carbons (Fsp3) is 0.545. The van der Waals surface area contributed by atoms with E-state index in [0.717, 1.165) is 0 Å². The van der Waals surface area contributed by atoms with Crippen LogP contribution in [0.1, 0.15) is 31.7 Å². The van der Waals surface area contributed by atoms with E-state index in [2.05, 4.69) is 51.1 Å². The Morgan fingerprint density at radius 3 is 2.38 bits per heavy atom. The standard InChI is InChI=1S/C11H15BrN/c12-10-6-2-3-7-11(10)13-8-4-1-5-9-13/h1,4-5,8-11H,2-3,6-7H2/q+1/t10-,11+/m0/s1. The molecule has 1 nitrogen and oxygen atoms in total. The van der Waals surface area contributed by atoms with Crippen LogP contribution in [-0.4, -0.2) is 4.83 Å². The molecule has 1 aromatic heterocycles. The molecule has 0 N–H and O–H groups in total. The summed E-state index contributed by atoms with van der Waals surface area (Å²) in [7, 11) is 0. The Kier molecular flexibility index (Phi) is 2.99. The first-order valence-corrected chi connectivity index (χ1v) is 5.89. The molecule has 2 rings (SSSR count). The molecule has 1 heterocycles. The Morgan fingerprint density at radius 1 is 1.00 bits per heavy atom. The molecule has 2 heteroatoms. The molecule has 1 aromatic rings. The molecule has 1 saturated carbocycles. The fourth-order valence-corrected chi connectivity index (χ4v) is 2.90.